The summed E-state index contributed by atoms with van der Waals surface area (Å²) >= 11 is 0. The van der Waals surface area contributed by atoms with Crippen LogP contribution in [0.2, 0.25) is 0 Å². The molecule has 6 rings (SSSR count). The molecule has 0 heterocycles. The van der Waals surface area contributed by atoms with Crippen LogP contribution in [-0.2, 0) is 51.4 Å². The van der Waals surface area contributed by atoms with Crippen molar-refractivity contribution >= 4 is 27.4 Å². The monoisotopic (exact) mass is 1090 g/mol. The molecule has 0 spiro atoms. The first-order valence-electron chi connectivity index (χ1n) is 31.0. The van der Waals surface area contributed by atoms with Gasteiger partial charge in [0, 0.05) is 0 Å². The summed E-state index contributed by atoms with van der Waals surface area (Å²) in [4.78, 5) is 0. The van der Waals surface area contributed by atoms with Gasteiger partial charge in [-0.15, -0.1) is 0 Å². The Morgan fingerprint density at radius 1 is 0.269 bits per heavy atom. The first-order valence-corrected chi connectivity index (χ1v) is 33.3. The molecule has 78 heavy (non-hydrogen) atoms. The Morgan fingerprint density at radius 2 is 0.474 bits per heavy atom. The van der Waals surface area contributed by atoms with Gasteiger partial charge in [0.05, 0.1) is 10.6 Å². The number of benzene rings is 6. The first kappa shape index (κ1) is 62.6. The van der Waals surface area contributed by atoms with Crippen LogP contribution >= 0.6 is 16.8 Å². The van der Waals surface area contributed by atoms with Gasteiger partial charge in [0.25, 0.3) is 0 Å². The molecule has 6 aromatic carbocycles. The molecule has 0 saturated heterocycles. The number of hydrogen-bond acceptors (Lipinski definition) is 4. The van der Waals surface area contributed by atoms with Crippen molar-refractivity contribution in [1.29, 1.82) is 0 Å². The van der Waals surface area contributed by atoms with Crippen LogP contribution in [0.4, 0.5) is 0 Å². The van der Waals surface area contributed by atoms with Crippen molar-refractivity contribution in [2.45, 2.75) is 237 Å². The van der Waals surface area contributed by atoms with Crippen LogP contribution in [0.15, 0.2) is 97.1 Å². The van der Waals surface area contributed by atoms with E-state index in [1.807, 2.05) is 0 Å². The SMILES string of the molecule is CCCCc1cc(C)c(CCCC)c(OP(Oc2cc(CCCC)cc(C)c2CCCC)c2ccc(-c3ccc(P(Oc4cc(CCCC)cc(C)c4CCCC)Oc4cc(CCCC)cc(C)c4CCCC)cc3)cc2)c1. The number of hydrogen-bond donors (Lipinski definition) is 0. The second-order valence-electron chi connectivity index (χ2n) is 22.4. The van der Waals surface area contributed by atoms with E-state index >= 15 is 0 Å². The fourth-order valence-electron chi connectivity index (χ4n) is 10.7. The lowest BCUT2D eigenvalue weighted by atomic mass is 9.97. The van der Waals surface area contributed by atoms with Gasteiger partial charge in [-0.25, -0.2) is 0 Å². The topological polar surface area (TPSA) is 36.9 Å². The van der Waals surface area contributed by atoms with Crippen LogP contribution in [0, 0.1) is 27.7 Å². The summed E-state index contributed by atoms with van der Waals surface area (Å²) in [6.45, 7) is 27.3. The van der Waals surface area contributed by atoms with E-state index in [0.717, 1.165) is 199 Å². The Balaban J connectivity index is 1.43. The highest BCUT2D eigenvalue weighted by atomic mass is 31.2. The van der Waals surface area contributed by atoms with Gasteiger partial charge in [0.2, 0.25) is 0 Å². The third-order valence-corrected chi connectivity index (χ3v) is 18.5. The van der Waals surface area contributed by atoms with Crippen LogP contribution < -0.4 is 28.7 Å². The molecule has 0 fully saturated rings. The molecule has 0 radical (unpaired) electrons. The Morgan fingerprint density at radius 3 is 0.679 bits per heavy atom. The van der Waals surface area contributed by atoms with E-state index in [-0.39, 0.29) is 0 Å². The predicted molar refractivity (Wildman–Crippen MR) is 341 cm³/mol. The number of aryl methyl sites for hydroxylation is 8. The van der Waals surface area contributed by atoms with Crippen molar-refractivity contribution in [3.63, 3.8) is 0 Å². The summed E-state index contributed by atoms with van der Waals surface area (Å²) in [5.74, 6) is 3.93. The zero-order valence-electron chi connectivity index (χ0n) is 50.7. The molecule has 0 amide bonds. The Bertz CT molecular complexity index is 2410. The lowest BCUT2D eigenvalue weighted by molar-refractivity contribution is 0.490. The summed E-state index contributed by atoms with van der Waals surface area (Å²) in [5, 5.41) is 2.13. The van der Waals surface area contributed by atoms with E-state index in [2.05, 4.69) is 180 Å². The van der Waals surface area contributed by atoms with Gasteiger partial charge >= 0.3 is 16.8 Å². The van der Waals surface area contributed by atoms with E-state index in [1.165, 1.54) is 66.8 Å². The molecule has 0 aromatic heterocycles. The molecular weight excluding hydrogens is 991 g/mol. The average molecular weight is 1090 g/mol. The van der Waals surface area contributed by atoms with Gasteiger partial charge in [-0.2, -0.15) is 0 Å². The van der Waals surface area contributed by atoms with Gasteiger partial charge in [-0.05, 0) is 257 Å². The van der Waals surface area contributed by atoms with Crippen LogP contribution in [0.1, 0.15) is 225 Å². The van der Waals surface area contributed by atoms with E-state index < -0.39 is 16.8 Å². The number of unbranched alkanes of at least 4 members (excludes halogenated alkanes) is 8. The Hall–Kier alpha value is -4.62. The van der Waals surface area contributed by atoms with Crippen molar-refractivity contribution in [2.75, 3.05) is 0 Å². The fraction of sp³-hybridized carbons (Fsp3) is 0.500. The second kappa shape index (κ2) is 33.2. The third-order valence-electron chi connectivity index (χ3n) is 15.6. The number of rotatable bonds is 35. The van der Waals surface area contributed by atoms with E-state index in [0.29, 0.717) is 0 Å². The van der Waals surface area contributed by atoms with Gasteiger partial charge in [0.1, 0.15) is 23.0 Å². The molecule has 422 valence electrons. The normalized spacial score (nSPS) is 11.5. The van der Waals surface area contributed by atoms with Crippen LogP contribution in [0.25, 0.3) is 11.1 Å². The molecular formula is C72H100O4P2. The lowest BCUT2D eigenvalue weighted by Gasteiger charge is -2.25. The Labute approximate surface area is 478 Å². The summed E-state index contributed by atoms with van der Waals surface area (Å²) in [5.41, 5.74) is 18.2. The van der Waals surface area contributed by atoms with Crippen molar-refractivity contribution in [1.82, 2.24) is 0 Å². The first-order chi connectivity index (χ1) is 38.0. The van der Waals surface area contributed by atoms with Crippen molar-refractivity contribution in [3.8, 4) is 34.1 Å². The molecule has 0 N–H and O–H groups in total. The molecule has 6 heteroatoms. The zero-order chi connectivity index (χ0) is 55.8. The highest BCUT2D eigenvalue weighted by molar-refractivity contribution is 7.57. The molecule has 0 unspecified atom stereocenters. The highest BCUT2D eigenvalue weighted by Crippen LogP contribution is 2.47. The average Bonchev–Trinajstić information content (AvgIpc) is 3.46. The standard InChI is InChI=1S/C72H100O4P2/c1-13-21-29-57-45-53(9)65(33-25-17-5)69(49-57)73-77(74-70-50-58(30-22-14-2)46-54(10)66(70)34-26-18-6)63-41-37-61(38-42-63)62-39-43-64(44-40-62)78(75-71-51-59(31-23-15-3)47-55(11)67(71)35-27-19-7)76-72-52-60(32-24-16-4)48-56(12)68(72)36-28-20-8/h37-52H,13-36H2,1-12H3. The van der Waals surface area contributed by atoms with Crippen LogP contribution in [0.3, 0.4) is 0 Å². The maximum Gasteiger partial charge on any atom is 0.326 e. The quantitative estimate of drug-likeness (QED) is 0.0372. The molecule has 0 atom stereocenters. The second-order valence-corrected chi connectivity index (χ2v) is 25.2. The van der Waals surface area contributed by atoms with Crippen molar-refractivity contribution in [2.24, 2.45) is 0 Å². The van der Waals surface area contributed by atoms with Crippen LogP contribution in [0.5, 0.6) is 23.0 Å². The minimum Gasteiger partial charge on any atom is -0.435 e. The molecule has 0 aliphatic heterocycles. The molecule has 0 saturated carbocycles. The van der Waals surface area contributed by atoms with Crippen molar-refractivity contribution in [3.05, 3.63) is 164 Å². The largest absolute Gasteiger partial charge is 0.435 e. The predicted octanol–water partition coefficient (Wildman–Crippen LogP) is 21.5. The fourth-order valence-corrected chi connectivity index (χ4v) is 13.4. The molecule has 0 aliphatic carbocycles. The summed E-state index contributed by atoms with van der Waals surface area (Å²) in [6, 6.07) is 37.0. The van der Waals surface area contributed by atoms with Crippen molar-refractivity contribution < 1.29 is 18.1 Å². The summed E-state index contributed by atoms with van der Waals surface area (Å²) in [7, 11) is -3.10. The minimum atomic E-state index is -1.55. The van der Waals surface area contributed by atoms with E-state index in [4.69, 9.17) is 18.1 Å². The highest BCUT2D eigenvalue weighted by Gasteiger charge is 2.26. The Kier molecular flexibility index (Phi) is 26.6. The third kappa shape index (κ3) is 18.2. The molecule has 0 bridgehead atoms. The zero-order valence-corrected chi connectivity index (χ0v) is 52.5. The maximum atomic E-state index is 7.38. The van der Waals surface area contributed by atoms with Gasteiger partial charge in [0.15, 0.2) is 0 Å². The smallest absolute Gasteiger partial charge is 0.326 e. The van der Waals surface area contributed by atoms with E-state index in [1.54, 1.807) is 0 Å². The van der Waals surface area contributed by atoms with Gasteiger partial charge in [-0.1, -0.05) is 155 Å². The molecule has 6 aromatic rings. The summed E-state index contributed by atoms with van der Waals surface area (Å²) < 4.78 is 29.5. The minimum absolute atomic E-state index is 0.982. The maximum absolute atomic E-state index is 7.38. The lowest BCUT2D eigenvalue weighted by Crippen LogP contribution is -2.13. The summed E-state index contributed by atoms with van der Waals surface area (Å²) in [6.07, 6.45) is 26.5. The molecule has 0 aliphatic rings. The van der Waals surface area contributed by atoms with Crippen LogP contribution in [-0.4, -0.2) is 0 Å². The molecule has 4 nitrogen and oxygen atoms in total. The van der Waals surface area contributed by atoms with Gasteiger partial charge in [-0.3, -0.25) is 0 Å². The van der Waals surface area contributed by atoms with Gasteiger partial charge < -0.3 is 18.1 Å². The van der Waals surface area contributed by atoms with E-state index in [9.17, 15) is 0 Å².